The topological polar surface area (TPSA) is 43.8 Å². The van der Waals surface area contributed by atoms with Gasteiger partial charge in [0.1, 0.15) is 0 Å². The number of aryl methyl sites for hydroxylation is 2. The first-order valence-corrected chi connectivity index (χ1v) is 3.87. The van der Waals surface area contributed by atoms with E-state index < -0.39 is 0 Å². The minimum Gasteiger partial charge on any atom is -0.398 e. The standard InChI is InChI=1S/C9H11N3/c1-6-3-4-8(10)7-5-11-12(2)9(6)7/h3-5H,10H2,1-2H3. The number of nitrogen functional groups attached to an aromatic ring is 1. The highest BCUT2D eigenvalue weighted by molar-refractivity contribution is 5.92. The van der Waals surface area contributed by atoms with Crippen LogP contribution in [0.15, 0.2) is 18.3 Å². The molecule has 3 heteroatoms. The summed E-state index contributed by atoms with van der Waals surface area (Å²) < 4.78 is 1.85. The summed E-state index contributed by atoms with van der Waals surface area (Å²) in [7, 11) is 1.93. The lowest BCUT2D eigenvalue weighted by Crippen LogP contribution is -1.92. The summed E-state index contributed by atoms with van der Waals surface area (Å²) in [6, 6.07) is 3.93. The van der Waals surface area contributed by atoms with Gasteiger partial charge >= 0.3 is 0 Å². The van der Waals surface area contributed by atoms with Crippen molar-refractivity contribution < 1.29 is 0 Å². The van der Waals surface area contributed by atoms with Gasteiger partial charge in [-0.1, -0.05) is 6.07 Å². The normalized spacial score (nSPS) is 10.8. The fourth-order valence-corrected chi connectivity index (χ4v) is 1.50. The second-order valence-electron chi connectivity index (χ2n) is 3.00. The molecule has 1 aromatic carbocycles. The van der Waals surface area contributed by atoms with E-state index in [1.807, 2.05) is 23.9 Å². The van der Waals surface area contributed by atoms with Crippen molar-refractivity contribution in [1.82, 2.24) is 9.78 Å². The van der Waals surface area contributed by atoms with Crippen LogP contribution in [-0.4, -0.2) is 9.78 Å². The minimum absolute atomic E-state index is 0.795. The molecule has 3 nitrogen and oxygen atoms in total. The third kappa shape index (κ3) is 0.794. The van der Waals surface area contributed by atoms with Gasteiger partial charge in [-0.2, -0.15) is 5.10 Å². The first-order valence-electron chi connectivity index (χ1n) is 3.87. The largest absolute Gasteiger partial charge is 0.398 e. The Kier molecular flexibility index (Phi) is 1.33. The van der Waals surface area contributed by atoms with Crippen molar-refractivity contribution in [2.24, 2.45) is 7.05 Å². The summed E-state index contributed by atoms with van der Waals surface area (Å²) in [5.74, 6) is 0. The molecule has 0 amide bonds. The molecule has 0 bridgehead atoms. The molecule has 0 unspecified atom stereocenters. The van der Waals surface area contributed by atoms with Crippen LogP contribution in [-0.2, 0) is 7.05 Å². The van der Waals surface area contributed by atoms with Gasteiger partial charge in [-0.3, -0.25) is 4.68 Å². The Morgan fingerprint density at radius 2 is 2.17 bits per heavy atom. The Morgan fingerprint density at radius 1 is 1.42 bits per heavy atom. The van der Waals surface area contributed by atoms with Crippen LogP contribution in [0.2, 0.25) is 0 Å². The molecule has 2 aromatic rings. The predicted molar refractivity (Wildman–Crippen MR) is 49.9 cm³/mol. The average Bonchev–Trinajstić information content (AvgIpc) is 2.42. The van der Waals surface area contributed by atoms with Crippen molar-refractivity contribution in [3.05, 3.63) is 23.9 Å². The fraction of sp³-hybridized carbons (Fsp3) is 0.222. The number of nitrogens with zero attached hydrogens (tertiary/aromatic N) is 2. The summed E-state index contributed by atoms with van der Waals surface area (Å²) in [5.41, 5.74) is 8.91. The molecule has 2 rings (SSSR count). The molecule has 1 aromatic heterocycles. The number of anilines is 1. The summed E-state index contributed by atoms with van der Waals surface area (Å²) in [4.78, 5) is 0. The van der Waals surface area contributed by atoms with E-state index in [0.29, 0.717) is 0 Å². The zero-order valence-corrected chi connectivity index (χ0v) is 7.20. The van der Waals surface area contributed by atoms with Crippen molar-refractivity contribution in [3.63, 3.8) is 0 Å². The average molecular weight is 161 g/mol. The van der Waals surface area contributed by atoms with E-state index in [2.05, 4.69) is 12.0 Å². The third-order valence-electron chi connectivity index (χ3n) is 2.14. The van der Waals surface area contributed by atoms with Crippen LogP contribution < -0.4 is 5.73 Å². The maximum atomic E-state index is 5.79. The van der Waals surface area contributed by atoms with E-state index in [4.69, 9.17) is 5.73 Å². The van der Waals surface area contributed by atoms with Crippen LogP contribution in [0.4, 0.5) is 5.69 Å². The monoisotopic (exact) mass is 161 g/mol. The van der Waals surface area contributed by atoms with E-state index in [1.165, 1.54) is 5.56 Å². The SMILES string of the molecule is Cc1ccc(N)c2cnn(C)c12. The number of fused-ring (bicyclic) bond motifs is 1. The van der Waals surface area contributed by atoms with Gasteiger partial charge in [-0.25, -0.2) is 0 Å². The molecule has 12 heavy (non-hydrogen) atoms. The highest BCUT2D eigenvalue weighted by Gasteiger charge is 2.04. The second kappa shape index (κ2) is 2.24. The van der Waals surface area contributed by atoms with Crippen molar-refractivity contribution in [1.29, 1.82) is 0 Å². The Labute approximate surface area is 70.8 Å². The Hall–Kier alpha value is -1.51. The lowest BCUT2D eigenvalue weighted by atomic mass is 10.1. The van der Waals surface area contributed by atoms with Gasteiger partial charge in [0.2, 0.25) is 0 Å². The maximum Gasteiger partial charge on any atom is 0.0728 e. The molecule has 1 heterocycles. The molecular formula is C9H11N3. The first kappa shape index (κ1) is 7.16. The van der Waals surface area contributed by atoms with Crippen LogP contribution in [0.5, 0.6) is 0 Å². The highest BCUT2D eigenvalue weighted by atomic mass is 15.2. The lowest BCUT2D eigenvalue weighted by molar-refractivity contribution is 0.794. The lowest BCUT2D eigenvalue weighted by Gasteiger charge is -2.00. The Morgan fingerprint density at radius 3 is 2.83 bits per heavy atom. The summed E-state index contributed by atoms with van der Waals surface area (Å²) in [5, 5.41) is 5.19. The predicted octanol–water partition coefficient (Wildman–Crippen LogP) is 1.46. The molecule has 0 saturated carbocycles. The molecule has 0 radical (unpaired) electrons. The van der Waals surface area contributed by atoms with Crippen LogP contribution in [0.25, 0.3) is 10.9 Å². The zero-order valence-electron chi connectivity index (χ0n) is 7.20. The molecule has 0 fully saturated rings. The van der Waals surface area contributed by atoms with Gasteiger partial charge in [0.25, 0.3) is 0 Å². The molecule has 2 N–H and O–H groups in total. The molecule has 0 aliphatic carbocycles. The van der Waals surface area contributed by atoms with Crippen LogP contribution in [0.3, 0.4) is 0 Å². The van der Waals surface area contributed by atoms with Crippen molar-refractivity contribution >= 4 is 16.6 Å². The van der Waals surface area contributed by atoms with Crippen LogP contribution in [0.1, 0.15) is 5.56 Å². The number of aromatic nitrogens is 2. The van der Waals surface area contributed by atoms with Crippen LogP contribution in [0, 0.1) is 6.92 Å². The van der Waals surface area contributed by atoms with Crippen LogP contribution >= 0.6 is 0 Å². The van der Waals surface area contributed by atoms with Gasteiger partial charge in [0.05, 0.1) is 11.7 Å². The third-order valence-corrected chi connectivity index (χ3v) is 2.14. The smallest absolute Gasteiger partial charge is 0.0728 e. The highest BCUT2D eigenvalue weighted by Crippen LogP contribution is 2.22. The van der Waals surface area contributed by atoms with E-state index in [1.54, 1.807) is 6.20 Å². The molecule has 0 spiro atoms. The second-order valence-corrected chi connectivity index (χ2v) is 3.00. The Balaban J connectivity index is 2.98. The number of hydrogen-bond donors (Lipinski definition) is 1. The van der Waals surface area contributed by atoms with Crippen molar-refractivity contribution in [3.8, 4) is 0 Å². The number of hydrogen-bond acceptors (Lipinski definition) is 2. The van der Waals surface area contributed by atoms with Gasteiger partial charge in [0.15, 0.2) is 0 Å². The summed E-state index contributed by atoms with van der Waals surface area (Å²) in [6.07, 6.45) is 1.80. The van der Waals surface area contributed by atoms with Gasteiger partial charge < -0.3 is 5.73 Å². The number of rotatable bonds is 0. The molecule has 0 aliphatic rings. The number of benzene rings is 1. The quantitative estimate of drug-likeness (QED) is 0.594. The first-order chi connectivity index (χ1) is 5.70. The van der Waals surface area contributed by atoms with E-state index in [9.17, 15) is 0 Å². The van der Waals surface area contributed by atoms with E-state index in [-0.39, 0.29) is 0 Å². The molecule has 0 saturated heterocycles. The maximum absolute atomic E-state index is 5.79. The van der Waals surface area contributed by atoms with Gasteiger partial charge in [-0.05, 0) is 18.6 Å². The van der Waals surface area contributed by atoms with Gasteiger partial charge in [-0.15, -0.1) is 0 Å². The minimum atomic E-state index is 0.795. The molecular weight excluding hydrogens is 150 g/mol. The Bertz CT molecular complexity index is 429. The summed E-state index contributed by atoms with van der Waals surface area (Å²) in [6.45, 7) is 2.06. The van der Waals surface area contributed by atoms with Crippen molar-refractivity contribution in [2.75, 3.05) is 5.73 Å². The molecule has 0 aliphatic heterocycles. The van der Waals surface area contributed by atoms with Crippen molar-refractivity contribution in [2.45, 2.75) is 6.92 Å². The fourth-order valence-electron chi connectivity index (χ4n) is 1.50. The van der Waals surface area contributed by atoms with E-state index >= 15 is 0 Å². The number of nitrogens with two attached hydrogens (primary N) is 1. The van der Waals surface area contributed by atoms with Gasteiger partial charge in [0, 0.05) is 18.1 Å². The van der Waals surface area contributed by atoms with E-state index in [0.717, 1.165) is 16.6 Å². The molecule has 62 valence electrons. The summed E-state index contributed by atoms with van der Waals surface area (Å²) >= 11 is 0. The zero-order chi connectivity index (χ0) is 8.72. The molecule has 0 atom stereocenters.